The van der Waals surface area contributed by atoms with E-state index in [0.717, 1.165) is 10.7 Å². The molecule has 8 nitrogen and oxygen atoms in total. The second-order valence-electron chi connectivity index (χ2n) is 8.09. The van der Waals surface area contributed by atoms with Crippen molar-refractivity contribution in [1.82, 2.24) is 9.21 Å². The first-order chi connectivity index (χ1) is 12.9. The Labute approximate surface area is 166 Å². The summed E-state index contributed by atoms with van der Waals surface area (Å²) in [6, 6.07) is 1.71. The van der Waals surface area contributed by atoms with Crippen molar-refractivity contribution >= 4 is 15.9 Å². The Kier molecular flexibility index (Phi) is 7.06. The number of amides is 1. The molecule has 158 valence electrons. The molecule has 0 spiro atoms. The fourth-order valence-electron chi connectivity index (χ4n) is 3.25. The minimum atomic E-state index is -3.51. The first-order valence-corrected chi connectivity index (χ1v) is 11.0. The molecule has 1 fully saturated rings. The highest BCUT2D eigenvalue weighted by atomic mass is 32.2. The highest BCUT2D eigenvalue weighted by Gasteiger charge is 2.38. The Hall–Kier alpha value is -1.71. The Bertz CT molecular complexity index is 875. The quantitative estimate of drug-likeness (QED) is 0.709. The van der Waals surface area contributed by atoms with Crippen molar-refractivity contribution in [3.05, 3.63) is 33.4 Å². The molecule has 0 aliphatic carbocycles. The monoisotopic (exact) mass is 414 g/mol. The Morgan fingerprint density at radius 3 is 2.54 bits per heavy atom. The fourth-order valence-corrected chi connectivity index (χ4v) is 4.41. The van der Waals surface area contributed by atoms with Crippen molar-refractivity contribution in [3.63, 3.8) is 0 Å². The van der Waals surface area contributed by atoms with Crippen LogP contribution in [0.5, 0.6) is 0 Å². The van der Waals surface area contributed by atoms with Crippen LogP contribution in [0.3, 0.4) is 0 Å². The van der Waals surface area contributed by atoms with Gasteiger partial charge >= 0.3 is 5.63 Å². The lowest BCUT2D eigenvalue weighted by atomic mass is 10.0. The third-order valence-electron chi connectivity index (χ3n) is 5.06. The standard InChI is InChI=1S/C19H30N2O6S/c1-12(2)6-7-15-8-13(3)17(19(24)27-15)18(23)21-9-14(16(22)10-21)11-28(25,26)20(4)5/h8,12,14,16,22H,6-7,9-11H2,1-5H3/t14-,16+/m0/s1. The summed E-state index contributed by atoms with van der Waals surface area (Å²) in [6.45, 7) is 5.90. The largest absolute Gasteiger partial charge is 0.427 e. The number of likely N-dealkylation sites (tertiary alicyclic amines) is 1. The van der Waals surface area contributed by atoms with Gasteiger partial charge in [-0.05, 0) is 30.9 Å². The van der Waals surface area contributed by atoms with Crippen LogP contribution in [-0.4, -0.2) is 67.7 Å². The van der Waals surface area contributed by atoms with Crippen LogP contribution >= 0.6 is 0 Å². The zero-order chi connectivity index (χ0) is 21.2. The number of aliphatic hydroxyl groups excluding tert-OH is 1. The molecule has 0 radical (unpaired) electrons. The molecular formula is C19H30N2O6S. The number of nitrogens with zero attached hydrogens (tertiary/aromatic N) is 2. The Morgan fingerprint density at radius 1 is 1.36 bits per heavy atom. The molecule has 2 heterocycles. The van der Waals surface area contributed by atoms with Crippen LogP contribution in [0.1, 0.15) is 41.9 Å². The van der Waals surface area contributed by atoms with Crippen LogP contribution in [-0.2, 0) is 16.4 Å². The number of β-amino-alcohol motifs (C(OH)–C–C–N with tert-alkyl or cyclic N) is 1. The van der Waals surface area contributed by atoms with E-state index in [1.54, 1.807) is 13.0 Å². The average molecular weight is 415 g/mol. The summed E-state index contributed by atoms with van der Waals surface area (Å²) < 4.78 is 30.6. The van der Waals surface area contributed by atoms with Gasteiger partial charge in [0.25, 0.3) is 5.91 Å². The SMILES string of the molecule is Cc1cc(CCC(C)C)oc(=O)c1C(=O)N1C[C@@H](CS(=O)(=O)N(C)C)[C@H](O)C1. The highest BCUT2D eigenvalue weighted by molar-refractivity contribution is 7.89. The van der Waals surface area contributed by atoms with Crippen LogP contribution in [0.2, 0.25) is 0 Å². The molecule has 2 atom stereocenters. The molecule has 0 aromatic carbocycles. The third kappa shape index (κ3) is 5.21. The van der Waals surface area contributed by atoms with Gasteiger partial charge in [0.15, 0.2) is 0 Å². The topological polar surface area (TPSA) is 108 Å². The minimum absolute atomic E-state index is 0.0135. The van der Waals surface area contributed by atoms with Crippen molar-refractivity contribution in [2.75, 3.05) is 32.9 Å². The van der Waals surface area contributed by atoms with Gasteiger partial charge < -0.3 is 14.4 Å². The molecule has 1 aliphatic rings. The maximum absolute atomic E-state index is 12.9. The number of carbonyl (C=O) groups excluding carboxylic acids is 1. The van der Waals surface area contributed by atoms with E-state index < -0.39 is 33.6 Å². The summed E-state index contributed by atoms with van der Waals surface area (Å²) in [4.78, 5) is 26.6. The third-order valence-corrected chi connectivity index (χ3v) is 7.02. The zero-order valence-electron chi connectivity index (χ0n) is 17.1. The van der Waals surface area contributed by atoms with Crippen LogP contribution in [0.15, 0.2) is 15.3 Å². The molecule has 28 heavy (non-hydrogen) atoms. The van der Waals surface area contributed by atoms with Gasteiger partial charge in [0.2, 0.25) is 10.0 Å². The molecule has 1 saturated heterocycles. The number of rotatable bonds is 7. The molecule has 1 N–H and O–H groups in total. The second kappa shape index (κ2) is 8.75. The van der Waals surface area contributed by atoms with Crippen molar-refractivity contribution < 1.29 is 22.7 Å². The smallest absolute Gasteiger partial charge is 0.349 e. The van der Waals surface area contributed by atoms with Gasteiger partial charge in [-0.2, -0.15) is 0 Å². The Balaban J connectivity index is 2.17. The lowest BCUT2D eigenvalue weighted by Gasteiger charge is -2.18. The number of carbonyl (C=O) groups is 1. The van der Waals surface area contributed by atoms with Gasteiger partial charge in [0.05, 0.1) is 11.9 Å². The summed E-state index contributed by atoms with van der Waals surface area (Å²) in [5.74, 6) is -0.385. The van der Waals surface area contributed by atoms with Gasteiger partial charge in [-0.15, -0.1) is 0 Å². The molecule has 0 unspecified atom stereocenters. The van der Waals surface area contributed by atoms with E-state index in [9.17, 15) is 23.1 Å². The lowest BCUT2D eigenvalue weighted by Crippen LogP contribution is -2.35. The van der Waals surface area contributed by atoms with Crippen molar-refractivity contribution in [2.45, 2.75) is 39.7 Å². The summed E-state index contributed by atoms with van der Waals surface area (Å²) in [7, 11) is -0.657. The molecule has 2 rings (SSSR count). The normalized spacial score (nSPS) is 20.4. The number of hydrogen-bond acceptors (Lipinski definition) is 6. The van der Waals surface area contributed by atoms with Gasteiger partial charge in [0.1, 0.15) is 11.3 Å². The zero-order valence-corrected chi connectivity index (χ0v) is 18.0. The molecule has 0 saturated carbocycles. The molecule has 1 aliphatic heterocycles. The minimum Gasteiger partial charge on any atom is -0.427 e. The van der Waals surface area contributed by atoms with Gasteiger partial charge in [-0.25, -0.2) is 17.5 Å². The van der Waals surface area contributed by atoms with E-state index in [2.05, 4.69) is 13.8 Å². The van der Waals surface area contributed by atoms with Crippen LogP contribution in [0.4, 0.5) is 0 Å². The van der Waals surface area contributed by atoms with Gasteiger partial charge in [-0.3, -0.25) is 4.79 Å². The lowest BCUT2D eigenvalue weighted by molar-refractivity contribution is 0.0759. The predicted molar refractivity (Wildman–Crippen MR) is 106 cm³/mol. The fraction of sp³-hybridized carbons (Fsp3) is 0.684. The molecule has 1 aromatic rings. The summed E-state index contributed by atoms with van der Waals surface area (Å²) >= 11 is 0. The number of aryl methyl sites for hydroxylation is 2. The van der Waals surface area contributed by atoms with E-state index in [4.69, 9.17) is 4.42 Å². The highest BCUT2D eigenvalue weighted by Crippen LogP contribution is 2.22. The average Bonchev–Trinajstić information content (AvgIpc) is 2.92. The van der Waals surface area contributed by atoms with Crippen LogP contribution in [0, 0.1) is 18.8 Å². The first kappa shape index (κ1) is 22.6. The van der Waals surface area contributed by atoms with E-state index in [1.807, 2.05) is 0 Å². The number of hydrogen-bond donors (Lipinski definition) is 1. The Morgan fingerprint density at radius 2 is 2.00 bits per heavy atom. The number of sulfonamides is 1. The van der Waals surface area contributed by atoms with Crippen molar-refractivity contribution in [2.24, 2.45) is 11.8 Å². The number of aliphatic hydroxyl groups is 1. The van der Waals surface area contributed by atoms with Crippen molar-refractivity contribution in [3.8, 4) is 0 Å². The predicted octanol–water partition coefficient (Wildman–Crippen LogP) is 0.861. The molecule has 1 amide bonds. The molecule has 9 heteroatoms. The van der Waals surface area contributed by atoms with E-state index in [-0.39, 0.29) is 24.4 Å². The van der Waals surface area contributed by atoms with E-state index in [1.165, 1.54) is 19.0 Å². The summed E-state index contributed by atoms with van der Waals surface area (Å²) in [5.41, 5.74) is -0.224. The summed E-state index contributed by atoms with van der Waals surface area (Å²) in [6.07, 6.45) is 0.529. The maximum Gasteiger partial charge on any atom is 0.349 e. The van der Waals surface area contributed by atoms with Gasteiger partial charge in [0, 0.05) is 39.5 Å². The van der Waals surface area contributed by atoms with Gasteiger partial charge in [-0.1, -0.05) is 13.8 Å². The van der Waals surface area contributed by atoms with Crippen LogP contribution < -0.4 is 5.63 Å². The van der Waals surface area contributed by atoms with Crippen molar-refractivity contribution in [1.29, 1.82) is 0 Å². The van der Waals surface area contributed by atoms with E-state index >= 15 is 0 Å². The first-order valence-electron chi connectivity index (χ1n) is 9.43. The second-order valence-corrected chi connectivity index (χ2v) is 10.3. The summed E-state index contributed by atoms with van der Waals surface area (Å²) in [5, 5.41) is 10.2. The molecule has 1 aromatic heterocycles. The van der Waals surface area contributed by atoms with E-state index in [0.29, 0.717) is 23.7 Å². The molecular weight excluding hydrogens is 384 g/mol. The molecule has 0 bridgehead atoms. The van der Waals surface area contributed by atoms with Crippen LogP contribution in [0.25, 0.3) is 0 Å². The maximum atomic E-state index is 12.9.